The van der Waals surface area contributed by atoms with E-state index in [1.807, 2.05) is 0 Å². The molecule has 0 fully saturated rings. The summed E-state index contributed by atoms with van der Waals surface area (Å²) in [6.07, 6.45) is 6.59. The van der Waals surface area contributed by atoms with E-state index in [9.17, 15) is 9.59 Å². The number of allylic oxidation sites excluding steroid dienone is 1. The monoisotopic (exact) mass is 210 g/mol. The van der Waals surface area contributed by atoms with Gasteiger partial charge in [0.15, 0.2) is 5.78 Å². The second kappa shape index (κ2) is 5.69. The third-order valence-corrected chi connectivity index (χ3v) is 2.83. The van der Waals surface area contributed by atoms with Crippen molar-refractivity contribution in [2.45, 2.75) is 45.4 Å². The molecule has 0 amide bonds. The predicted octanol–water partition coefficient (Wildman–Crippen LogP) is 2.56. The molecule has 3 nitrogen and oxygen atoms in total. The Hall–Kier alpha value is -1.12. The highest BCUT2D eigenvalue weighted by atomic mass is 16.4. The largest absolute Gasteiger partial charge is 0.481 e. The van der Waals surface area contributed by atoms with Crippen molar-refractivity contribution in [3.05, 3.63) is 11.6 Å². The number of carboxylic acid groups (broad SMARTS) is 1. The SMILES string of the molecule is CCCCCC(C(=O)O)C1=CCCC1=O. The smallest absolute Gasteiger partial charge is 0.311 e. The molecule has 0 saturated heterocycles. The molecular formula is C12H18O3. The van der Waals surface area contributed by atoms with Gasteiger partial charge in [0.25, 0.3) is 0 Å². The molecule has 1 atom stereocenters. The summed E-state index contributed by atoms with van der Waals surface area (Å²) in [5.41, 5.74) is 0.540. The maximum absolute atomic E-state index is 11.4. The highest BCUT2D eigenvalue weighted by Gasteiger charge is 2.28. The molecule has 1 aliphatic rings. The number of Topliss-reactive ketones (excluding diaryl/α,β-unsaturated/α-hetero) is 1. The highest BCUT2D eigenvalue weighted by Crippen LogP contribution is 2.26. The van der Waals surface area contributed by atoms with Gasteiger partial charge >= 0.3 is 5.97 Å². The summed E-state index contributed by atoms with van der Waals surface area (Å²) < 4.78 is 0. The molecule has 0 saturated carbocycles. The minimum absolute atomic E-state index is 0.0268. The highest BCUT2D eigenvalue weighted by molar-refractivity contribution is 6.02. The van der Waals surface area contributed by atoms with Crippen LogP contribution < -0.4 is 0 Å². The van der Waals surface area contributed by atoms with Crippen molar-refractivity contribution in [2.24, 2.45) is 5.92 Å². The van der Waals surface area contributed by atoms with E-state index in [1.165, 1.54) is 0 Å². The van der Waals surface area contributed by atoms with Crippen LogP contribution in [0.4, 0.5) is 0 Å². The summed E-state index contributed by atoms with van der Waals surface area (Å²) in [5.74, 6) is -1.39. The van der Waals surface area contributed by atoms with E-state index in [1.54, 1.807) is 6.08 Å². The quantitative estimate of drug-likeness (QED) is 0.685. The molecule has 0 heterocycles. The van der Waals surface area contributed by atoms with Crippen LogP contribution in [0.5, 0.6) is 0 Å². The van der Waals surface area contributed by atoms with Crippen molar-refractivity contribution in [3.8, 4) is 0 Å². The Morgan fingerprint density at radius 3 is 2.73 bits per heavy atom. The number of rotatable bonds is 6. The Kier molecular flexibility index (Phi) is 4.53. The fourth-order valence-corrected chi connectivity index (χ4v) is 1.96. The van der Waals surface area contributed by atoms with Gasteiger partial charge in [0, 0.05) is 12.0 Å². The number of carbonyl (C=O) groups excluding carboxylic acids is 1. The van der Waals surface area contributed by atoms with Crippen LogP contribution in [0.1, 0.15) is 45.4 Å². The van der Waals surface area contributed by atoms with E-state index < -0.39 is 11.9 Å². The minimum Gasteiger partial charge on any atom is -0.481 e. The van der Waals surface area contributed by atoms with Crippen molar-refractivity contribution >= 4 is 11.8 Å². The zero-order valence-electron chi connectivity index (χ0n) is 9.16. The molecule has 3 heteroatoms. The molecule has 0 aromatic heterocycles. The van der Waals surface area contributed by atoms with Crippen LogP contribution in [0.25, 0.3) is 0 Å². The van der Waals surface area contributed by atoms with E-state index in [0.717, 1.165) is 19.3 Å². The van der Waals surface area contributed by atoms with E-state index in [2.05, 4.69) is 6.92 Å². The van der Waals surface area contributed by atoms with Gasteiger partial charge in [0.1, 0.15) is 0 Å². The van der Waals surface area contributed by atoms with Crippen LogP contribution in [0.15, 0.2) is 11.6 Å². The summed E-state index contributed by atoms with van der Waals surface area (Å²) >= 11 is 0. The molecule has 0 radical (unpaired) electrons. The lowest BCUT2D eigenvalue weighted by Gasteiger charge is -2.12. The van der Waals surface area contributed by atoms with Crippen LogP contribution >= 0.6 is 0 Å². The van der Waals surface area contributed by atoms with Gasteiger partial charge in [0.2, 0.25) is 0 Å². The Morgan fingerprint density at radius 1 is 1.53 bits per heavy atom. The maximum atomic E-state index is 11.4. The topological polar surface area (TPSA) is 54.4 Å². The fourth-order valence-electron chi connectivity index (χ4n) is 1.96. The first-order valence-electron chi connectivity index (χ1n) is 5.63. The number of hydrogen-bond acceptors (Lipinski definition) is 2. The fraction of sp³-hybridized carbons (Fsp3) is 0.667. The Morgan fingerprint density at radius 2 is 2.27 bits per heavy atom. The molecule has 0 spiro atoms. The van der Waals surface area contributed by atoms with Crippen LogP contribution in [0.3, 0.4) is 0 Å². The maximum Gasteiger partial charge on any atom is 0.311 e. The summed E-state index contributed by atoms with van der Waals surface area (Å²) in [6, 6.07) is 0. The first kappa shape index (κ1) is 12.0. The summed E-state index contributed by atoms with van der Waals surface area (Å²) in [6.45, 7) is 2.08. The minimum atomic E-state index is -0.854. The van der Waals surface area contributed by atoms with Gasteiger partial charge in [-0.25, -0.2) is 0 Å². The molecule has 1 unspecified atom stereocenters. The van der Waals surface area contributed by atoms with Crippen LogP contribution in [-0.4, -0.2) is 16.9 Å². The molecule has 0 aromatic carbocycles. The van der Waals surface area contributed by atoms with Gasteiger partial charge in [-0.1, -0.05) is 32.3 Å². The Balaban J connectivity index is 2.58. The second-order valence-electron chi connectivity index (χ2n) is 4.01. The molecular weight excluding hydrogens is 192 g/mol. The van der Waals surface area contributed by atoms with Gasteiger partial charge in [0.05, 0.1) is 5.92 Å². The average molecular weight is 210 g/mol. The zero-order valence-corrected chi connectivity index (χ0v) is 9.16. The summed E-state index contributed by atoms with van der Waals surface area (Å²) in [4.78, 5) is 22.5. The number of aliphatic carboxylic acids is 1. The van der Waals surface area contributed by atoms with E-state index >= 15 is 0 Å². The summed E-state index contributed by atoms with van der Waals surface area (Å²) in [5, 5.41) is 9.06. The lowest BCUT2D eigenvalue weighted by Crippen LogP contribution is -2.19. The van der Waals surface area contributed by atoms with Crippen LogP contribution in [-0.2, 0) is 9.59 Å². The van der Waals surface area contributed by atoms with Gasteiger partial charge in [-0.3, -0.25) is 9.59 Å². The van der Waals surface area contributed by atoms with Gasteiger partial charge in [-0.05, 0) is 12.8 Å². The molecule has 15 heavy (non-hydrogen) atoms. The average Bonchev–Trinajstić information content (AvgIpc) is 2.59. The number of ketones is 1. The van der Waals surface area contributed by atoms with Crippen molar-refractivity contribution in [1.82, 2.24) is 0 Å². The van der Waals surface area contributed by atoms with Gasteiger partial charge in [-0.15, -0.1) is 0 Å². The molecule has 1 N–H and O–H groups in total. The molecule has 1 aliphatic carbocycles. The van der Waals surface area contributed by atoms with Crippen LogP contribution in [0, 0.1) is 5.92 Å². The third-order valence-electron chi connectivity index (χ3n) is 2.83. The first-order valence-corrected chi connectivity index (χ1v) is 5.63. The molecule has 0 aliphatic heterocycles. The molecule has 84 valence electrons. The summed E-state index contributed by atoms with van der Waals surface area (Å²) in [7, 11) is 0. The van der Waals surface area contributed by atoms with Gasteiger partial charge < -0.3 is 5.11 Å². The lowest BCUT2D eigenvalue weighted by molar-refractivity contribution is -0.141. The Labute approximate surface area is 90.2 Å². The number of carboxylic acids is 1. The molecule has 0 bridgehead atoms. The third kappa shape index (κ3) is 3.18. The predicted molar refractivity (Wildman–Crippen MR) is 57.6 cm³/mol. The number of hydrogen-bond donors (Lipinski definition) is 1. The van der Waals surface area contributed by atoms with E-state index in [0.29, 0.717) is 24.8 Å². The lowest BCUT2D eigenvalue weighted by atomic mass is 9.92. The van der Waals surface area contributed by atoms with E-state index in [-0.39, 0.29) is 5.78 Å². The standard InChI is InChI=1S/C12H18O3/c1-2-3-4-6-10(12(14)15)9-7-5-8-11(9)13/h7,10H,2-6,8H2,1H3,(H,14,15). The molecule has 0 aromatic rings. The van der Waals surface area contributed by atoms with Crippen molar-refractivity contribution < 1.29 is 14.7 Å². The number of unbranched alkanes of at least 4 members (excludes halogenated alkanes) is 2. The van der Waals surface area contributed by atoms with Crippen molar-refractivity contribution in [2.75, 3.05) is 0 Å². The van der Waals surface area contributed by atoms with Crippen LogP contribution in [0.2, 0.25) is 0 Å². The van der Waals surface area contributed by atoms with Crippen molar-refractivity contribution in [1.29, 1.82) is 0 Å². The first-order chi connectivity index (χ1) is 7.16. The number of carbonyl (C=O) groups is 2. The van der Waals surface area contributed by atoms with Crippen molar-refractivity contribution in [3.63, 3.8) is 0 Å². The normalized spacial score (nSPS) is 17.7. The Bertz CT molecular complexity index is 279. The van der Waals surface area contributed by atoms with Gasteiger partial charge in [-0.2, -0.15) is 0 Å². The van der Waals surface area contributed by atoms with E-state index in [4.69, 9.17) is 5.11 Å². The second-order valence-corrected chi connectivity index (χ2v) is 4.01. The molecule has 1 rings (SSSR count). The zero-order chi connectivity index (χ0) is 11.3.